The Morgan fingerprint density at radius 3 is 2.32 bits per heavy atom. The monoisotopic (exact) mass is 564 g/mol. The Kier molecular flexibility index (Phi) is 11.6. The number of anilines is 1. The zero-order chi connectivity index (χ0) is 29.1. The molecule has 0 saturated carbocycles. The van der Waals surface area contributed by atoms with Crippen LogP contribution in [-0.4, -0.2) is 55.7 Å². The van der Waals surface area contributed by atoms with E-state index >= 15 is 0 Å². The highest BCUT2D eigenvalue weighted by molar-refractivity contribution is 7.91. The van der Waals surface area contributed by atoms with Gasteiger partial charge in [-0.3, -0.25) is 14.3 Å². The number of rotatable bonds is 10. The molecular weight excluding hydrogens is 537 g/mol. The summed E-state index contributed by atoms with van der Waals surface area (Å²) in [5, 5.41) is 13.0. The number of nitrogens with two attached hydrogens (primary N) is 2. The Morgan fingerprint density at radius 1 is 1.16 bits per heavy atom. The maximum absolute atomic E-state index is 12.7. The molecule has 38 heavy (non-hydrogen) atoms. The third-order valence-corrected chi connectivity index (χ3v) is 5.60. The number of alkyl halides is 3. The second kappa shape index (κ2) is 13.9. The second-order valence-electron chi connectivity index (χ2n) is 7.65. The number of nitrogens with zero attached hydrogens (tertiary/aromatic N) is 1. The average Bonchev–Trinajstić information content (AvgIpc) is 2.77. The first kappa shape index (κ1) is 31.7. The van der Waals surface area contributed by atoms with E-state index in [9.17, 15) is 31.2 Å². The molecule has 1 amide bonds. The number of nitrogens with one attached hydrogen (secondary N) is 3. The summed E-state index contributed by atoms with van der Waals surface area (Å²) in [6.45, 7) is 3.59. The molecule has 2 aromatic rings. The van der Waals surface area contributed by atoms with Crippen LogP contribution >= 0.6 is 0 Å². The van der Waals surface area contributed by atoms with Gasteiger partial charge in [0, 0.05) is 5.69 Å². The van der Waals surface area contributed by atoms with Crippen LogP contribution < -0.4 is 27.1 Å². The molecule has 0 atom stereocenters. The number of amides is 1. The molecule has 1 aromatic heterocycles. The van der Waals surface area contributed by atoms with E-state index in [4.69, 9.17) is 26.2 Å². The van der Waals surface area contributed by atoms with Gasteiger partial charge in [0.2, 0.25) is 21.9 Å². The smallest absolute Gasteiger partial charge is 0.475 e. The number of aryl methyl sites for hydroxylation is 2. The van der Waals surface area contributed by atoms with Crippen molar-refractivity contribution in [3.05, 3.63) is 63.1 Å². The van der Waals surface area contributed by atoms with Crippen molar-refractivity contribution in [2.45, 2.75) is 32.2 Å². The number of guanidine groups is 1. The maximum Gasteiger partial charge on any atom is 0.490 e. The number of carboxylic acid groups (broad SMARTS) is 1. The topological polar surface area (TPSA) is 219 Å². The number of aromatic amines is 1. The van der Waals surface area contributed by atoms with Crippen LogP contribution in [0.25, 0.3) is 0 Å². The molecule has 0 fully saturated rings. The normalized spacial score (nSPS) is 11.0. The van der Waals surface area contributed by atoms with Crippen molar-refractivity contribution in [1.29, 1.82) is 0 Å². The first-order valence-electron chi connectivity index (χ1n) is 10.6. The van der Waals surface area contributed by atoms with Crippen molar-refractivity contribution in [3.8, 4) is 0 Å². The van der Waals surface area contributed by atoms with E-state index in [0.717, 1.165) is 5.56 Å². The average molecular weight is 565 g/mol. The predicted octanol–water partition coefficient (Wildman–Crippen LogP) is 0.431. The quantitative estimate of drug-likeness (QED) is 0.102. The Balaban J connectivity index is 0.000000905. The number of carbonyl (C=O) groups is 2. The molecule has 2 rings (SSSR count). The van der Waals surface area contributed by atoms with E-state index in [1.54, 1.807) is 38.1 Å². The van der Waals surface area contributed by atoms with Crippen LogP contribution in [0.1, 0.15) is 22.4 Å². The number of aliphatic carboxylic acids is 1. The van der Waals surface area contributed by atoms with Gasteiger partial charge in [0.15, 0.2) is 0 Å². The van der Waals surface area contributed by atoms with Gasteiger partial charge in [-0.2, -0.15) is 13.2 Å². The first-order chi connectivity index (χ1) is 17.5. The SMILES string of the molecule is Cc1cc(CC(=O)NCCON=C(N)N)c(NS(=O)(=O)Cc2ccccc2C)c(=O)[nH]1.O=C(O)C(F)(F)F. The zero-order valence-corrected chi connectivity index (χ0v) is 21.1. The molecule has 8 N–H and O–H groups in total. The Hall–Kier alpha value is -4.28. The van der Waals surface area contributed by atoms with Crippen molar-refractivity contribution >= 4 is 33.5 Å². The summed E-state index contributed by atoms with van der Waals surface area (Å²) in [5.41, 5.74) is 11.6. The van der Waals surface area contributed by atoms with Gasteiger partial charge in [0.1, 0.15) is 12.3 Å². The molecule has 1 heterocycles. The summed E-state index contributed by atoms with van der Waals surface area (Å²) in [4.78, 5) is 40.9. The van der Waals surface area contributed by atoms with Gasteiger partial charge in [-0.15, -0.1) is 0 Å². The molecule has 0 aliphatic rings. The fourth-order valence-electron chi connectivity index (χ4n) is 2.77. The molecule has 1 aromatic carbocycles. The van der Waals surface area contributed by atoms with E-state index in [1.165, 1.54) is 0 Å². The molecule has 13 nitrogen and oxygen atoms in total. The minimum atomic E-state index is -5.08. The summed E-state index contributed by atoms with van der Waals surface area (Å²) in [6.07, 6.45) is -5.30. The lowest BCUT2D eigenvalue weighted by Crippen LogP contribution is -2.30. The lowest BCUT2D eigenvalue weighted by atomic mass is 10.1. The fraction of sp³-hybridized carbons (Fsp3) is 0.333. The number of H-pyrrole nitrogens is 1. The molecule has 0 aliphatic heterocycles. The lowest BCUT2D eigenvalue weighted by molar-refractivity contribution is -0.192. The van der Waals surface area contributed by atoms with Crippen LogP contribution in [0.3, 0.4) is 0 Å². The van der Waals surface area contributed by atoms with E-state index in [2.05, 4.69) is 20.2 Å². The van der Waals surface area contributed by atoms with E-state index in [1.807, 2.05) is 6.07 Å². The summed E-state index contributed by atoms with van der Waals surface area (Å²) in [5.74, 6) is -3.74. The molecule has 210 valence electrons. The second-order valence-corrected chi connectivity index (χ2v) is 9.37. The molecule has 0 aliphatic carbocycles. The Bertz CT molecular complexity index is 1320. The van der Waals surface area contributed by atoms with Gasteiger partial charge in [0.05, 0.1) is 18.7 Å². The van der Waals surface area contributed by atoms with Crippen LogP contribution in [0.5, 0.6) is 0 Å². The molecule has 0 bridgehead atoms. The van der Waals surface area contributed by atoms with Gasteiger partial charge < -0.3 is 31.7 Å². The number of benzene rings is 1. The Labute approximate surface area is 215 Å². The zero-order valence-electron chi connectivity index (χ0n) is 20.3. The van der Waals surface area contributed by atoms with E-state index in [-0.39, 0.29) is 42.5 Å². The number of carboxylic acids is 1. The molecule has 17 heteroatoms. The number of hydrogen-bond acceptors (Lipinski definition) is 7. The summed E-state index contributed by atoms with van der Waals surface area (Å²) < 4.78 is 59.4. The standard InChI is InChI=1S/C19H26N6O5S.C2HF3O2/c1-12-5-3-4-6-14(12)11-31(28,29)25-17-15(9-13(2)23-18(17)27)10-16(26)22-7-8-30-24-19(20)21;3-2(4,5)1(6)7/h3-6,9,25H,7-8,10-11H2,1-2H3,(H,22,26)(H,23,27)(H4,20,21,24);(H,6,7). The largest absolute Gasteiger partial charge is 0.490 e. The highest BCUT2D eigenvalue weighted by Gasteiger charge is 2.38. The molecule has 0 spiro atoms. The number of carbonyl (C=O) groups excluding carboxylic acids is 1. The van der Waals surface area contributed by atoms with Gasteiger partial charge in [-0.05, 0) is 41.8 Å². The summed E-state index contributed by atoms with van der Waals surface area (Å²) >= 11 is 0. The molecule has 0 radical (unpaired) electrons. The van der Waals surface area contributed by atoms with Gasteiger partial charge in [-0.25, -0.2) is 13.2 Å². The third-order valence-electron chi connectivity index (χ3n) is 4.39. The number of sulfonamides is 1. The van der Waals surface area contributed by atoms with E-state index < -0.39 is 33.6 Å². The van der Waals surface area contributed by atoms with Crippen LogP contribution in [-0.2, 0) is 36.6 Å². The van der Waals surface area contributed by atoms with Crippen molar-refractivity contribution in [3.63, 3.8) is 0 Å². The summed E-state index contributed by atoms with van der Waals surface area (Å²) in [7, 11) is -3.90. The summed E-state index contributed by atoms with van der Waals surface area (Å²) in [6, 6.07) is 8.59. The minimum Gasteiger partial charge on any atom is -0.475 e. The third kappa shape index (κ3) is 11.6. The maximum atomic E-state index is 12.7. The van der Waals surface area contributed by atoms with Gasteiger partial charge in [0.25, 0.3) is 5.56 Å². The van der Waals surface area contributed by atoms with Gasteiger partial charge >= 0.3 is 12.1 Å². The van der Waals surface area contributed by atoms with Crippen LogP contribution in [0.15, 0.2) is 40.3 Å². The number of hydrogen-bond donors (Lipinski definition) is 6. The molecular formula is C21H27F3N6O7S. The van der Waals surface area contributed by atoms with Crippen LogP contribution in [0.4, 0.5) is 18.9 Å². The highest BCUT2D eigenvalue weighted by Crippen LogP contribution is 2.17. The van der Waals surface area contributed by atoms with Gasteiger partial charge in [-0.1, -0.05) is 24.3 Å². The van der Waals surface area contributed by atoms with E-state index in [0.29, 0.717) is 11.3 Å². The fourth-order valence-corrected chi connectivity index (χ4v) is 4.11. The molecule has 0 saturated heterocycles. The minimum absolute atomic E-state index is 0.0357. The van der Waals surface area contributed by atoms with Crippen molar-refractivity contribution in [2.75, 3.05) is 17.9 Å². The first-order valence-corrected chi connectivity index (χ1v) is 12.2. The Morgan fingerprint density at radius 2 is 1.76 bits per heavy atom. The molecule has 0 unspecified atom stereocenters. The van der Waals surface area contributed by atoms with Crippen LogP contribution in [0, 0.1) is 13.8 Å². The predicted molar refractivity (Wildman–Crippen MR) is 131 cm³/mol. The highest BCUT2D eigenvalue weighted by atomic mass is 32.2. The number of halogens is 3. The van der Waals surface area contributed by atoms with Crippen molar-refractivity contribution < 1.29 is 41.1 Å². The number of oxime groups is 1. The number of aromatic nitrogens is 1. The lowest BCUT2D eigenvalue weighted by Gasteiger charge is -2.13. The van der Waals surface area contributed by atoms with Crippen LogP contribution in [0.2, 0.25) is 0 Å². The van der Waals surface area contributed by atoms with Crippen molar-refractivity contribution in [1.82, 2.24) is 10.3 Å². The number of pyridine rings is 1. The van der Waals surface area contributed by atoms with Crippen molar-refractivity contribution in [2.24, 2.45) is 16.6 Å².